The van der Waals surface area contributed by atoms with Crippen LogP contribution in [0.1, 0.15) is 210 Å². The van der Waals surface area contributed by atoms with Gasteiger partial charge in [-0.25, -0.2) is 28.8 Å². The molecule has 10 unspecified atom stereocenters. The van der Waals surface area contributed by atoms with E-state index >= 15 is 0 Å². The molecule has 83 heavy (non-hydrogen) atoms. The fraction of sp³-hybridized carbons (Fsp3) is 0.725. The predicted molar refractivity (Wildman–Crippen MR) is 319 cm³/mol. The van der Waals surface area contributed by atoms with Crippen LogP contribution in [0.15, 0.2) is 72.9 Å². The van der Waals surface area contributed by atoms with Crippen LogP contribution in [-0.4, -0.2) is 83.5 Å². The minimum atomic E-state index is -0.378. The molecule has 1 heterocycles. The molecule has 11 aliphatic carbocycles. The second-order valence-electron chi connectivity index (χ2n) is 27.2. The van der Waals surface area contributed by atoms with Crippen LogP contribution in [0, 0.1) is 65.1 Å². The van der Waals surface area contributed by atoms with Crippen molar-refractivity contribution < 1.29 is 66.7 Å². The van der Waals surface area contributed by atoms with Crippen LogP contribution >= 0.6 is 0 Å². The van der Waals surface area contributed by atoms with Crippen molar-refractivity contribution in [2.24, 2.45) is 65.1 Å². The summed E-state index contributed by atoms with van der Waals surface area (Å²) in [5.41, 5.74) is 2.29. The van der Waals surface area contributed by atoms with E-state index in [9.17, 15) is 33.6 Å². The van der Waals surface area contributed by atoms with E-state index < -0.39 is 0 Å². The fourth-order valence-corrected chi connectivity index (χ4v) is 16.0. The second kappa shape index (κ2) is 28.7. The van der Waals surface area contributed by atoms with Gasteiger partial charge in [0.2, 0.25) is 0 Å². The summed E-state index contributed by atoms with van der Waals surface area (Å²) in [7, 11) is 0. The van der Waals surface area contributed by atoms with Gasteiger partial charge in [-0.2, -0.15) is 0 Å². The Balaban J connectivity index is 0.000000162. The average Bonchev–Trinajstić information content (AvgIpc) is 2.86. The maximum absolute atomic E-state index is 11.8. The molecule has 14 nitrogen and oxygen atoms in total. The molecule has 12 aliphatic rings. The third-order valence-corrected chi connectivity index (χ3v) is 20.4. The van der Waals surface area contributed by atoms with Crippen LogP contribution in [-0.2, 0) is 66.7 Å². The van der Waals surface area contributed by atoms with Gasteiger partial charge in [0.1, 0.15) is 35.1 Å². The van der Waals surface area contributed by atoms with Crippen molar-refractivity contribution >= 4 is 41.8 Å². The highest BCUT2D eigenvalue weighted by atomic mass is 16.6. The minimum Gasteiger partial charge on any atom is -0.463 e. The number of rotatable bonds is 13. The van der Waals surface area contributed by atoms with Crippen molar-refractivity contribution in [3.05, 3.63) is 72.9 Å². The number of esters is 7. The topological polar surface area (TPSA) is 184 Å². The van der Waals surface area contributed by atoms with Gasteiger partial charge < -0.3 is 33.2 Å². The molecule has 0 amide bonds. The first-order valence-electron chi connectivity index (χ1n) is 31.5. The number of hydrogen-bond donors (Lipinski definition) is 0. The van der Waals surface area contributed by atoms with E-state index in [1.165, 1.54) is 89.9 Å². The Morgan fingerprint density at radius 2 is 0.976 bits per heavy atom. The monoisotopic (exact) mass is 1150 g/mol. The second-order valence-corrected chi connectivity index (χ2v) is 27.2. The van der Waals surface area contributed by atoms with Crippen LogP contribution in [0.2, 0.25) is 0 Å². The number of carbonyl (C=O) groups excluding carboxylic acids is 7. The molecule has 462 valence electrons. The summed E-state index contributed by atoms with van der Waals surface area (Å²) >= 11 is 0. The Labute approximate surface area is 496 Å². The minimum absolute atomic E-state index is 0.0646. The maximum Gasteiger partial charge on any atom is 0.333 e. The largest absolute Gasteiger partial charge is 0.463 e. The Morgan fingerprint density at radius 1 is 0.494 bits per heavy atom. The third-order valence-electron chi connectivity index (χ3n) is 20.4. The highest BCUT2D eigenvalue weighted by molar-refractivity contribution is 5.89. The van der Waals surface area contributed by atoms with E-state index in [4.69, 9.17) is 28.4 Å². The quantitative estimate of drug-likeness (QED) is 0.0964. The number of fused-ring (bicyclic) bond motifs is 6. The molecule has 10 atom stereocenters. The Kier molecular flexibility index (Phi) is 23.2. The predicted octanol–water partition coefficient (Wildman–Crippen LogP) is 14.1. The zero-order valence-electron chi connectivity index (χ0n) is 52.3. The first kappa shape index (κ1) is 66.9. The van der Waals surface area contributed by atoms with Crippen LogP contribution in [0.4, 0.5) is 0 Å². The van der Waals surface area contributed by atoms with Gasteiger partial charge >= 0.3 is 41.8 Å². The number of hydrogen-bond acceptors (Lipinski definition) is 14. The van der Waals surface area contributed by atoms with E-state index in [1.54, 1.807) is 48.5 Å². The molecule has 0 aromatic carbocycles. The van der Waals surface area contributed by atoms with Crippen molar-refractivity contribution in [1.29, 1.82) is 0 Å². The zero-order chi connectivity index (χ0) is 61.3. The van der Waals surface area contributed by atoms with E-state index in [-0.39, 0.29) is 88.7 Å². The fourth-order valence-electron chi connectivity index (χ4n) is 16.0. The highest BCUT2D eigenvalue weighted by Crippen LogP contribution is 2.61. The number of carbonyl (C=O) groups is 7. The van der Waals surface area contributed by atoms with Gasteiger partial charge in [-0.1, -0.05) is 59.2 Å². The molecule has 0 spiro atoms. The van der Waals surface area contributed by atoms with Crippen molar-refractivity contribution in [2.45, 2.75) is 246 Å². The first-order valence-corrected chi connectivity index (χ1v) is 31.5. The summed E-state index contributed by atoms with van der Waals surface area (Å²) in [5.74, 6) is 5.35. The van der Waals surface area contributed by atoms with Crippen LogP contribution in [0.25, 0.3) is 0 Å². The van der Waals surface area contributed by atoms with E-state index in [0.717, 1.165) is 81.0 Å². The Bertz CT molecular complexity index is 2440. The highest BCUT2D eigenvalue weighted by Gasteiger charge is 2.63. The van der Waals surface area contributed by atoms with Crippen molar-refractivity contribution in [2.75, 3.05) is 6.61 Å². The van der Waals surface area contributed by atoms with Crippen molar-refractivity contribution in [3.63, 3.8) is 0 Å². The van der Waals surface area contributed by atoms with E-state index in [0.29, 0.717) is 63.7 Å². The van der Waals surface area contributed by atoms with Crippen molar-refractivity contribution in [1.82, 2.24) is 0 Å². The molecule has 12 rings (SSSR count). The van der Waals surface area contributed by atoms with E-state index in [1.807, 2.05) is 6.92 Å². The smallest absolute Gasteiger partial charge is 0.333 e. The molecule has 11 saturated carbocycles. The van der Waals surface area contributed by atoms with Crippen LogP contribution in [0.3, 0.4) is 0 Å². The molecule has 1 saturated heterocycles. The molecular weight excluding hydrogens is 1050 g/mol. The summed E-state index contributed by atoms with van der Waals surface area (Å²) in [6.07, 6.45) is 25.6. The molecule has 1 aliphatic heterocycles. The van der Waals surface area contributed by atoms with Gasteiger partial charge in [0.25, 0.3) is 0 Å². The zero-order valence-corrected chi connectivity index (χ0v) is 52.3. The first-order chi connectivity index (χ1) is 39.0. The molecule has 14 heteroatoms. The van der Waals surface area contributed by atoms with Gasteiger partial charge in [0.15, 0.2) is 0 Å². The van der Waals surface area contributed by atoms with Gasteiger partial charge in [-0.15, -0.1) is 0 Å². The normalized spacial score (nSPS) is 33.7. The summed E-state index contributed by atoms with van der Waals surface area (Å²) in [6.45, 7) is 40.0. The van der Waals surface area contributed by atoms with Gasteiger partial charge in [0.05, 0.1) is 12.5 Å². The van der Waals surface area contributed by atoms with Gasteiger partial charge in [0, 0.05) is 45.3 Å². The van der Waals surface area contributed by atoms with Crippen molar-refractivity contribution in [3.8, 4) is 0 Å². The SMILES string of the molecule is C=C(C)C(=O)OC1(C)C2CC3CC(C2)CC1C3.C=C(C)C(=O)OC1(C)CCCC1.C=C(C)C(=O)OC1(CC)CCCCC1.C=C(C)C(=O)OC1C2CC3C(=O)OC1C3C2.C=C(C)C(=O)OC1CC2CC1C1CCCC21.C=C(C)C(=O)OCC. The maximum atomic E-state index is 11.8. The lowest BCUT2D eigenvalue weighted by Gasteiger charge is -2.59. The number of ether oxygens (including phenoxy) is 7. The van der Waals surface area contributed by atoms with Gasteiger partial charge in [-0.05, 0) is 238 Å². The molecule has 0 radical (unpaired) electrons. The summed E-state index contributed by atoms with van der Waals surface area (Å²) < 4.78 is 37.5. The summed E-state index contributed by atoms with van der Waals surface area (Å²) in [5, 5.41) is 0. The molecule has 8 bridgehead atoms. The molecular formula is C69H102O14. The molecule has 0 aromatic rings. The Hall–Kier alpha value is -5.27. The van der Waals surface area contributed by atoms with E-state index in [2.05, 4.69) is 58.1 Å². The third kappa shape index (κ3) is 16.6. The summed E-state index contributed by atoms with van der Waals surface area (Å²) in [4.78, 5) is 79.4. The lowest BCUT2D eigenvalue weighted by Crippen LogP contribution is -2.58. The molecule has 0 aromatic heterocycles. The average molecular weight is 1160 g/mol. The van der Waals surface area contributed by atoms with Crippen LogP contribution in [0.5, 0.6) is 0 Å². The summed E-state index contributed by atoms with van der Waals surface area (Å²) in [6, 6.07) is 0. The van der Waals surface area contributed by atoms with Gasteiger partial charge in [-0.3, -0.25) is 4.79 Å². The Morgan fingerprint density at radius 3 is 1.48 bits per heavy atom. The van der Waals surface area contributed by atoms with Crippen LogP contribution < -0.4 is 0 Å². The molecule has 0 N–H and O–H groups in total. The lowest BCUT2D eigenvalue weighted by molar-refractivity contribution is -0.199. The lowest BCUT2D eigenvalue weighted by atomic mass is 9.50. The standard InChI is InChI=1S/C15H22O2.C14H20O2.C12H14O4.C12H20O2.C10H16O2.C6H10O2/c1-9(2)14(16)17-15(3)12-5-10-4-11(7-12)8-13(15)6-10;1-8(2)14(15)16-13-7-9-6-12(13)11-5-3-4-10(9)11;1-5(2)11(13)15-9-6-3-7-8(4-6)12(14)16-10(7)9;1-4-12(8-6-5-7-9-12)14-11(13)10(2)3;1-8(2)9(11)12-10(3)6-4-5-7-10;1-4-8-6(7)5(2)3/h10-13H,1,4-8H2,2-3H3;9-13H,1,3-7H2,2H3;6-10H,1,3-4H2,2H3;2,4-9H2,1,3H3;1,4-7H2,2-3H3;2,4H2,1,3H3. The molecule has 12 fully saturated rings.